The van der Waals surface area contributed by atoms with Crippen LogP contribution >= 0.6 is 0 Å². The molecule has 2 aromatic rings. The Morgan fingerprint density at radius 3 is 2.63 bits per heavy atom. The van der Waals surface area contributed by atoms with Crippen LogP contribution in [-0.2, 0) is 0 Å². The summed E-state index contributed by atoms with van der Waals surface area (Å²) in [4.78, 5) is 19.2. The van der Waals surface area contributed by atoms with Crippen LogP contribution in [0, 0.1) is 5.82 Å². The minimum Gasteiger partial charge on any atom is -0.478 e. The SMILES string of the molecule is CC(C)c1nc(-c2cncc(F)c2)ccc1C(=O)O. The topological polar surface area (TPSA) is 63.1 Å². The lowest BCUT2D eigenvalue weighted by atomic mass is 10.0. The first-order chi connectivity index (χ1) is 8.99. The van der Waals surface area contributed by atoms with Crippen molar-refractivity contribution in [3.63, 3.8) is 0 Å². The van der Waals surface area contributed by atoms with Crippen molar-refractivity contribution in [1.82, 2.24) is 9.97 Å². The molecule has 0 unspecified atom stereocenters. The minimum absolute atomic E-state index is 0.0347. The number of rotatable bonds is 3. The number of carbonyl (C=O) groups is 1. The Balaban J connectivity index is 2.55. The molecule has 4 nitrogen and oxygen atoms in total. The Bertz CT molecular complexity index is 627. The van der Waals surface area contributed by atoms with Crippen LogP contribution in [0.3, 0.4) is 0 Å². The van der Waals surface area contributed by atoms with E-state index in [1.165, 1.54) is 18.3 Å². The molecule has 2 aromatic heterocycles. The van der Waals surface area contributed by atoms with Gasteiger partial charge in [0.2, 0.25) is 0 Å². The van der Waals surface area contributed by atoms with E-state index in [1.807, 2.05) is 13.8 Å². The van der Waals surface area contributed by atoms with Crippen molar-refractivity contribution in [1.29, 1.82) is 0 Å². The number of carboxylic acid groups (broad SMARTS) is 1. The maximum absolute atomic E-state index is 13.1. The van der Waals surface area contributed by atoms with Gasteiger partial charge in [-0.05, 0) is 24.1 Å². The van der Waals surface area contributed by atoms with Crippen LogP contribution in [0.4, 0.5) is 4.39 Å². The lowest BCUT2D eigenvalue weighted by molar-refractivity contribution is 0.0694. The molecule has 0 saturated carbocycles. The molecule has 0 aliphatic rings. The van der Waals surface area contributed by atoms with Crippen molar-refractivity contribution in [2.75, 3.05) is 0 Å². The van der Waals surface area contributed by atoms with Gasteiger partial charge < -0.3 is 5.11 Å². The maximum Gasteiger partial charge on any atom is 0.337 e. The summed E-state index contributed by atoms with van der Waals surface area (Å²) < 4.78 is 13.1. The highest BCUT2D eigenvalue weighted by Crippen LogP contribution is 2.23. The summed E-state index contributed by atoms with van der Waals surface area (Å²) in [5.74, 6) is -1.50. The van der Waals surface area contributed by atoms with Gasteiger partial charge in [0.15, 0.2) is 0 Å². The number of halogens is 1. The molecule has 0 atom stereocenters. The largest absolute Gasteiger partial charge is 0.478 e. The van der Waals surface area contributed by atoms with Crippen LogP contribution in [0.5, 0.6) is 0 Å². The van der Waals surface area contributed by atoms with Crippen LogP contribution in [0.1, 0.15) is 35.8 Å². The van der Waals surface area contributed by atoms with E-state index in [2.05, 4.69) is 9.97 Å². The molecule has 0 aromatic carbocycles. The zero-order valence-electron chi connectivity index (χ0n) is 10.6. The van der Waals surface area contributed by atoms with Crippen molar-refractivity contribution in [3.05, 3.63) is 47.7 Å². The Hall–Kier alpha value is -2.30. The van der Waals surface area contributed by atoms with Gasteiger partial charge in [0.1, 0.15) is 5.82 Å². The normalized spacial score (nSPS) is 10.7. The van der Waals surface area contributed by atoms with E-state index in [1.54, 1.807) is 6.07 Å². The first kappa shape index (κ1) is 13.1. The third-order valence-corrected chi connectivity index (χ3v) is 2.70. The van der Waals surface area contributed by atoms with E-state index in [-0.39, 0.29) is 11.5 Å². The highest BCUT2D eigenvalue weighted by molar-refractivity contribution is 5.89. The summed E-state index contributed by atoms with van der Waals surface area (Å²) in [5.41, 5.74) is 1.69. The molecule has 0 aliphatic heterocycles. The second-order valence-corrected chi connectivity index (χ2v) is 4.48. The van der Waals surface area contributed by atoms with Gasteiger partial charge >= 0.3 is 5.97 Å². The van der Waals surface area contributed by atoms with E-state index in [4.69, 9.17) is 5.11 Å². The van der Waals surface area contributed by atoms with Crippen LogP contribution in [0.25, 0.3) is 11.3 Å². The number of carboxylic acids is 1. The molecule has 0 amide bonds. The molecule has 2 heterocycles. The van der Waals surface area contributed by atoms with Crippen molar-refractivity contribution in [3.8, 4) is 11.3 Å². The van der Waals surface area contributed by atoms with Gasteiger partial charge in [0, 0.05) is 11.8 Å². The smallest absolute Gasteiger partial charge is 0.337 e. The maximum atomic E-state index is 13.1. The van der Waals surface area contributed by atoms with Crippen molar-refractivity contribution in [2.24, 2.45) is 0 Å². The van der Waals surface area contributed by atoms with Gasteiger partial charge in [0.25, 0.3) is 0 Å². The first-order valence-corrected chi connectivity index (χ1v) is 5.84. The molecule has 1 N–H and O–H groups in total. The molecule has 5 heteroatoms. The van der Waals surface area contributed by atoms with Crippen LogP contribution in [0.2, 0.25) is 0 Å². The zero-order valence-corrected chi connectivity index (χ0v) is 10.6. The number of aromatic nitrogens is 2. The monoisotopic (exact) mass is 260 g/mol. The molecule has 19 heavy (non-hydrogen) atoms. The van der Waals surface area contributed by atoms with E-state index in [0.717, 1.165) is 6.20 Å². The second-order valence-electron chi connectivity index (χ2n) is 4.48. The number of pyridine rings is 2. The van der Waals surface area contributed by atoms with Gasteiger partial charge in [-0.3, -0.25) is 9.97 Å². The van der Waals surface area contributed by atoms with Gasteiger partial charge in [-0.2, -0.15) is 0 Å². The molecule has 0 aliphatic carbocycles. The van der Waals surface area contributed by atoms with E-state index < -0.39 is 11.8 Å². The fourth-order valence-electron chi connectivity index (χ4n) is 1.81. The van der Waals surface area contributed by atoms with Crippen molar-refractivity contribution < 1.29 is 14.3 Å². The third-order valence-electron chi connectivity index (χ3n) is 2.70. The molecular weight excluding hydrogens is 247 g/mol. The van der Waals surface area contributed by atoms with Crippen LogP contribution in [-0.4, -0.2) is 21.0 Å². The van der Waals surface area contributed by atoms with Crippen LogP contribution in [0.15, 0.2) is 30.6 Å². The number of aromatic carboxylic acids is 1. The molecule has 0 bridgehead atoms. The average molecular weight is 260 g/mol. The lowest BCUT2D eigenvalue weighted by Gasteiger charge is -2.11. The molecule has 0 spiro atoms. The van der Waals surface area contributed by atoms with Gasteiger partial charge in [-0.15, -0.1) is 0 Å². The molecule has 98 valence electrons. The Labute approximate surface area is 110 Å². The minimum atomic E-state index is -1.01. The van der Waals surface area contributed by atoms with Gasteiger partial charge in [-0.25, -0.2) is 9.18 Å². The van der Waals surface area contributed by atoms with E-state index >= 15 is 0 Å². The fraction of sp³-hybridized carbons (Fsp3) is 0.214. The first-order valence-electron chi connectivity index (χ1n) is 5.84. The van der Waals surface area contributed by atoms with Gasteiger partial charge in [-0.1, -0.05) is 13.8 Å². The quantitative estimate of drug-likeness (QED) is 0.921. The summed E-state index contributed by atoms with van der Waals surface area (Å²) in [7, 11) is 0. The Morgan fingerprint density at radius 1 is 1.32 bits per heavy atom. The summed E-state index contributed by atoms with van der Waals surface area (Å²) >= 11 is 0. The molecule has 0 saturated heterocycles. The van der Waals surface area contributed by atoms with E-state index in [0.29, 0.717) is 17.0 Å². The molecule has 0 fully saturated rings. The van der Waals surface area contributed by atoms with Crippen molar-refractivity contribution in [2.45, 2.75) is 19.8 Å². The third kappa shape index (κ3) is 2.76. The summed E-state index contributed by atoms with van der Waals surface area (Å²) in [5, 5.41) is 9.11. The molecular formula is C14H13FN2O2. The average Bonchev–Trinajstić information content (AvgIpc) is 2.37. The van der Waals surface area contributed by atoms with Crippen molar-refractivity contribution >= 4 is 5.97 Å². The van der Waals surface area contributed by atoms with Crippen LogP contribution < -0.4 is 0 Å². The predicted octanol–water partition coefficient (Wildman–Crippen LogP) is 3.10. The standard InChI is InChI=1S/C14H13FN2O2/c1-8(2)13-11(14(18)19)3-4-12(17-13)9-5-10(15)7-16-6-9/h3-8H,1-2H3,(H,18,19). The fourth-order valence-corrected chi connectivity index (χ4v) is 1.81. The van der Waals surface area contributed by atoms with Gasteiger partial charge in [0.05, 0.1) is 23.1 Å². The highest BCUT2D eigenvalue weighted by atomic mass is 19.1. The summed E-state index contributed by atoms with van der Waals surface area (Å²) in [6.45, 7) is 3.73. The highest BCUT2D eigenvalue weighted by Gasteiger charge is 2.15. The number of hydrogen-bond acceptors (Lipinski definition) is 3. The Kier molecular flexibility index (Phi) is 3.55. The lowest BCUT2D eigenvalue weighted by Crippen LogP contribution is -2.07. The molecule has 2 rings (SSSR count). The summed E-state index contributed by atoms with van der Waals surface area (Å²) in [6, 6.07) is 4.37. The number of hydrogen-bond donors (Lipinski definition) is 1. The van der Waals surface area contributed by atoms with E-state index in [9.17, 15) is 9.18 Å². The second kappa shape index (κ2) is 5.14. The summed E-state index contributed by atoms with van der Waals surface area (Å²) in [6.07, 6.45) is 2.61. The molecule has 0 radical (unpaired) electrons. The number of nitrogens with zero attached hydrogens (tertiary/aromatic N) is 2. The zero-order chi connectivity index (χ0) is 14.0. The Morgan fingerprint density at radius 2 is 2.05 bits per heavy atom. The predicted molar refractivity (Wildman–Crippen MR) is 68.5 cm³/mol.